The van der Waals surface area contributed by atoms with E-state index >= 15 is 0 Å². The predicted molar refractivity (Wildman–Crippen MR) is 101 cm³/mol. The molecular weight excluding hydrogens is 312 g/mol. The standard InChI is InChI=1S/C21H32N2O2/c1-25-20-12-5-4-11-19(20)21(24)23-16-9-6-10-18(23)13-17-22-14-7-2-3-8-15-22/h4-5,11-12,18H,2-3,6-10,13-17H2,1H3/t18-/m1/s1. The van der Waals surface area contributed by atoms with Gasteiger partial charge in [0.2, 0.25) is 0 Å². The number of para-hydroxylation sites is 1. The van der Waals surface area contributed by atoms with E-state index < -0.39 is 0 Å². The van der Waals surface area contributed by atoms with Crippen LogP contribution in [0.25, 0.3) is 0 Å². The Morgan fingerprint density at radius 2 is 1.76 bits per heavy atom. The van der Waals surface area contributed by atoms with Gasteiger partial charge in [-0.2, -0.15) is 0 Å². The van der Waals surface area contributed by atoms with E-state index in [-0.39, 0.29) is 5.91 Å². The van der Waals surface area contributed by atoms with Gasteiger partial charge in [-0.25, -0.2) is 0 Å². The third kappa shape index (κ3) is 4.75. The van der Waals surface area contributed by atoms with E-state index in [0.717, 1.165) is 32.4 Å². The largest absolute Gasteiger partial charge is 0.496 e. The zero-order chi connectivity index (χ0) is 17.5. The molecule has 1 aromatic carbocycles. The molecule has 0 spiro atoms. The number of hydrogen-bond donors (Lipinski definition) is 0. The number of amides is 1. The molecule has 0 bridgehead atoms. The third-order valence-electron chi connectivity index (χ3n) is 5.70. The minimum Gasteiger partial charge on any atom is -0.496 e. The molecule has 138 valence electrons. The first-order valence-corrected chi connectivity index (χ1v) is 9.96. The fourth-order valence-electron chi connectivity index (χ4n) is 4.24. The maximum atomic E-state index is 13.1. The Kier molecular flexibility index (Phi) is 6.74. The van der Waals surface area contributed by atoms with Gasteiger partial charge >= 0.3 is 0 Å². The highest BCUT2D eigenvalue weighted by Crippen LogP contribution is 2.26. The van der Waals surface area contributed by atoms with Gasteiger partial charge in [-0.15, -0.1) is 0 Å². The molecule has 4 nitrogen and oxygen atoms in total. The minimum atomic E-state index is 0.137. The molecule has 1 atom stereocenters. The van der Waals surface area contributed by atoms with Gasteiger partial charge in [-0.1, -0.05) is 25.0 Å². The van der Waals surface area contributed by atoms with E-state index in [1.54, 1.807) is 7.11 Å². The van der Waals surface area contributed by atoms with Crippen molar-refractivity contribution in [2.75, 3.05) is 33.3 Å². The van der Waals surface area contributed by atoms with Gasteiger partial charge in [0.05, 0.1) is 12.7 Å². The van der Waals surface area contributed by atoms with Gasteiger partial charge in [-0.3, -0.25) is 4.79 Å². The second-order valence-corrected chi connectivity index (χ2v) is 7.39. The van der Waals surface area contributed by atoms with Gasteiger partial charge < -0.3 is 14.5 Å². The van der Waals surface area contributed by atoms with Gasteiger partial charge in [-0.05, 0) is 63.7 Å². The Labute approximate surface area is 152 Å². The predicted octanol–water partition coefficient (Wildman–Crippen LogP) is 3.96. The lowest BCUT2D eigenvalue weighted by Gasteiger charge is -2.37. The Bertz CT molecular complexity index is 553. The van der Waals surface area contributed by atoms with Crippen LogP contribution < -0.4 is 4.74 Å². The van der Waals surface area contributed by atoms with Crippen LogP contribution in [-0.4, -0.2) is 55.0 Å². The molecule has 1 amide bonds. The summed E-state index contributed by atoms with van der Waals surface area (Å²) in [6, 6.07) is 7.98. The summed E-state index contributed by atoms with van der Waals surface area (Å²) in [6.07, 6.45) is 9.98. The van der Waals surface area contributed by atoms with Crippen LogP contribution in [0.5, 0.6) is 5.75 Å². The molecule has 0 saturated carbocycles. The van der Waals surface area contributed by atoms with E-state index in [1.165, 1.54) is 45.2 Å². The monoisotopic (exact) mass is 344 g/mol. The SMILES string of the molecule is COc1ccccc1C(=O)N1CCCC[C@@H]1CCN1CCCCCC1. The van der Waals surface area contributed by atoms with Crippen molar-refractivity contribution in [3.05, 3.63) is 29.8 Å². The Morgan fingerprint density at radius 1 is 1.04 bits per heavy atom. The molecule has 0 radical (unpaired) electrons. The number of rotatable bonds is 5. The van der Waals surface area contributed by atoms with Crippen molar-refractivity contribution < 1.29 is 9.53 Å². The smallest absolute Gasteiger partial charge is 0.257 e. The summed E-state index contributed by atoms with van der Waals surface area (Å²) in [5.41, 5.74) is 0.701. The number of likely N-dealkylation sites (tertiary alicyclic amines) is 2. The van der Waals surface area contributed by atoms with Gasteiger partial charge in [0.1, 0.15) is 5.75 Å². The quantitative estimate of drug-likeness (QED) is 0.811. The molecule has 0 unspecified atom stereocenters. The van der Waals surface area contributed by atoms with Gasteiger partial charge in [0.15, 0.2) is 0 Å². The molecule has 2 saturated heterocycles. The molecule has 4 heteroatoms. The second kappa shape index (κ2) is 9.23. The Balaban J connectivity index is 1.64. The fraction of sp³-hybridized carbons (Fsp3) is 0.667. The average molecular weight is 344 g/mol. The van der Waals surface area contributed by atoms with Crippen LogP contribution in [0.4, 0.5) is 0 Å². The molecule has 2 fully saturated rings. The lowest BCUT2D eigenvalue weighted by molar-refractivity contribution is 0.0581. The first-order valence-electron chi connectivity index (χ1n) is 9.96. The van der Waals surface area contributed by atoms with E-state index in [2.05, 4.69) is 9.80 Å². The van der Waals surface area contributed by atoms with E-state index in [1.807, 2.05) is 24.3 Å². The number of nitrogens with zero attached hydrogens (tertiary/aromatic N) is 2. The van der Waals surface area contributed by atoms with Crippen molar-refractivity contribution in [3.8, 4) is 5.75 Å². The van der Waals surface area contributed by atoms with E-state index in [0.29, 0.717) is 17.4 Å². The lowest BCUT2D eigenvalue weighted by Crippen LogP contribution is -2.45. The van der Waals surface area contributed by atoms with Crippen molar-refractivity contribution in [2.45, 2.75) is 57.4 Å². The van der Waals surface area contributed by atoms with Crippen molar-refractivity contribution in [3.63, 3.8) is 0 Å². The topological polar surface area (TPSA) is 32.8 Å². The molecule has 3 rings (SSSR count). The Morgan fingerprint density at radius 3 is 2.52 bits per heavy atom. The van der Waals surface area contributed by atoms with Crippen LogP contribution in [0, 0.1) is 0 Å². The number of piperidine rings is 1. The number of benzene rings is 1. The molecule has 2 aliphatic heterocycles. The summed E-state index contributed by atoms with van der Waals surface area (Å²) in [6.45, 7) is 4.46. The highest BCUT2D eigenvalue weighted by molar-refractivity contribution is 5.97. The van der Waals surface area contributed by atoms with Crippen molar-refractivity contribution >= 4 is 5.91 Å². The van der Waals surface area contributed by atoms with Crippen molar-refractivity contribution in [2.24, 2.45) is 0 Å². The third-order valence-corrected chi connectivity index (χ3v) is 5.70. The highest BCUT2D eigenvalue weighted by Gasteiger charge is 2.29. The molecular formula is C21H32N2O2. The summed E-state index contributed by atoms with van der Waals surface area (Å²) >= 11 is 0. The molecule has 1 aromatic rings. The summed E-state index contributed by atoms with van der Waals surface area (Å²) in [7, 11) is 1.64. The van der Waals surface area contributed by atoms with Crippen LogP contribution in [0.2, 0.25) is 0 Å². The van der Waals surface area contributed by atoms with Crippen LogP contribution in [-0.2, 0) is 0 Å². The number of carbonyl (C=O) groups is 1. The minimum absolute atomic E-state index is 0.137. The first kappa shape index (κ1) is 18.2. The summed E-state index contributed by atoms with van der Waals surface area (Å²) in [4.78, 5) is 17.8. The van der Waals surface area contributed by atoms with Gasteiger partial charge in [0, 0.05) is 19.1 Å². The zero-order valence-corrected chi connectivity index (χ0v) is 15.6. The van der Waals surface area contributed by atoms with Gasteiger partial charge in [0.25, 0.3) is 5.91 Å². The number of hydrogen-bond acceptors (Lipinski definition) is 3. The number of methoxy groups -OCH3 is 1. The summed E-state index contributed by atoms with van der Waals surface area (Å²) in [5, 5.41) is 0. The van der Waals surface area contributed by atoms with Crippen molar-refractivity contribution in [1.29, 1.82) is 0 Å². The summed E-state index contributed by atoms with van der Waals surface area (Å²) < 4.78 is 5.41. The normalized spacial score (nSPS) is 22.4. The van der Waals surface area contributed by atoms with Crippen LogP contribution in [0.3, 0.4) is 0 Å². The van der Waals surface area contributed by atoms with Crippen LogP contribution >= 0.6 is 0 Å². The average Bonchev–Trinajstić information content (AvgIpc) is 2.95. The molecule has 2 heterocycles. The van der Waals surface area contributed by atoms with Crippen LogP contribution in [0.1, 0.15) is 61.7 Å². The Hall–Kier alpha value is -1.55. The molecule has 2 aliphatic rings. The zero-order valence-electron chi connectivity index (χ0n) is 15.6. The fourth-order valence-corrected chi connectivity index (χ4v) is 4.24. The number of ether oxygens (including phenoxy) is 1. The lowest BCUT2D eigenvalue weighted by atomic mass is 9.97. The second-order valence-electron chi connectivity index (χ2n) is 7.39. The van der Waals surface area contributed by atoms with E-state index in [9.17, 15) is 4.79 Å². The van der Waals surface area contributed by atoms with Crippen LogP contribution in [0.15, 0.2) is 24.3 Å². The molecule has 0 aromatic heterocycles. The highest BCUT2D eigenvalue weighted by atomic mass is 16.5. The van der Waals surface area contributed by atoms with E-state index in [4.69, 9.17) is 4.74 Å². The summed E-state index contributed by atoms with van der Waals surface area (Å²) in [5.74, 6) is 0.822. The maximum absolute atomic E-state index is 13.1. The first-order chi connectivity index (χ1) is 12.3. The molecule has 0 N–H and O–H groups in total. The molecule has 0 aliphatic carbocycles. The maximum Gasteiger partial charge on any atom is 0.257 e. The van der Waals surface area contributed by atoms with Crippen molar-refractivity contribution in [1.82, 2.24) is 9.80 Å². The molecule has 25 heavy (non-hydrogen) atoms. The number of carbonyl (C=O) groups excluding carboxylic acids is 1.